The molecule has 6 nitrogen and oxygen atoms in total. The molecule has 62 heavy (non-hydrogen) atoms. The number of hydrogen-bond acceptors (Lipinski definition) is 5. The maximum Gasteiger partial charge on any atom is 0.306 e. The maximum atomic E-state index is 13.2. The molecule has 6 heteroatoms. The summed E-state index contributed by atoms with van der Waals surface area (Å²) < 4.78 is 5.94. The average molecular weight is 874 g/mol. The van der Waals surface area contributed by atoms with Crippen LogP contribution >= 0.6 is 0 Å². The van der Waals surface area contributed by atoms with Crippen molar-refractivity contribution in [2.45, 2.75) is 315 Å². The molecule has 0 aliphatic heterocycles. The van der Waals surface area contributed by atoms with Crippen molar-refractivity contribution in [2.24, 2.45) is 0 Å². The highest BCUT2D eigenvalue weighted by molar-refractivity contribution is 5.77. The minimum absolute atomic E-state index is 0.0653. The standard InChI is InChI=1S/C56H107NO5/c1-4-7-10-13-16-19-22-24-26-28-30-33-35-38-41-44-47-52(62-56(61)49-46-43-40-37-34-31-29-27-25-23-20-17-14-11-8-5-2)50-55(60)57-53(51-58)54(59)48-45-42-39-36-32-21-18-15-12-9-6-3/h26,28,30,33,52-54,58-59H,4-25,27,29,31-32,34-51H2,1-3H3,(H,57,60)/b28-26+,33-30+. The lowest BCUT2D eigenvalue weighted by Gasteiger charge is -2.24. The second-order valence-electron chi connectivity index (χ2n) is 19.0. The van der Waals surface area contributed by atoms with E-state index in [1.807, 2.05) is 0 Å². The SMILES string of the molecule is CCCCCCCCC/C=C/C=C/CCCCCC(CC(=O)NC(CO)C(O)CCCCCCCCCCCCC)OC(=O)CCCCCCCCCCCCCCCCCC. The van der Waals surface area contributed by atoms with Gasteiger partial charge in [0, 0.05) is 6.42 Å². The molecule has 0 radical (unpaired) electrons. The molecule has 366 valence electrons. The number of aliphatic hydroxyl groups excluding tert-OH is 2. The van der Waals surface area contributed by atoms with Gasteiger partial charge in [0.05, 0.1) is 25.2 Å². The van der Waals surface area contributed by atoms with Crippen LogP contribution in [0.25, 0.3) is 0 Å². The molecule has 3 N–H and O–H groups in total. The summed E-state index contributed by atoms with van der Waals surface area (Å²) >= 11 is 0. The van der Waals surface area contributed by atoms with E-state index in [2.05, 4.69) is 50.4 Å². The Labute approximate surface area is 386 Å². The summed E-state index contributed by atoms with van der Waals surface area (Å²) in [5.74, 6) is -0.483. The molecular weight excluding hydrogens is 767 g/mol. The number of carbonyl (C=O) groups excluding carboxylic acids is 2. The molecule has 0 heterocycles. The molecule has 1 amide bonds. The number of hydrogen-bond donors (Lipinski definition) is 3. The second kappa shape index (κ2) is 50.3. The lowest BCUT2D eigenvalue weighted by Crippen LogP contribution is -2.46. The summed E-state index contributed by atoms with van der Waals surface area (Å²) in [7, 11) is 0. The molecule has 0 rings (SSSR count). The summed E-state index contributed by atoms with van der Waals surface area (Å²) in [4.78, 5) is 26.2. The van der Waals surface area contributed by atoms with Gasteiger partial charge in [-0.3, -0.25) is 9.59 Å². The first-order chi connectivity index (χ1) is 30.5. The number of allylic oxidation sites excluding steroid dienone is 4. The number of rotatable bonds is 50. The van der Waals surface area contributed by atoms with Gasteiger partial charge in [-0.15, -0.1) is 0 Å². The molecule has 0 aliphatic rings. The molecule has 0 aromatic rings. The van der Waals surface area contributed by atoms with E-state index >= 15 is 0 Å². The van der Waals surface area contributed by atoms with Crippen LogP contribution < -0.4 is 5.32 Å². The van der Waals surface area contributed by atoms with Crippen molar-refractivity contribution >= 4 is 11.9 Å². The first-order valence-electron chi connectivity index (χ1n) is 27.6. The van der Waals surface area contributed by atoms with Crippen LogP contribution in [0.1, 0.15) is 297 Å². The van der Waals surface area contributed by atoms with E-state index in [-0.39, 0.29) is 24.9 Å². The smallest absolute Gasteiger partial charge is 0.306 e. The zero-order valence-corrected chi connectivity index (χ0v) is 41.8. The lowest BCUT2D eigenvalue weighted by atomic mass is 10.0. The van der Waals surface area contributed by atoms with E-state index in [9.17, 15) is 19.8 Å². The molecule has 3 unspecified atom stereocenters. The maximum absolute atomic E-state index is 13.2. The Morgan fingerprint density at radius 2 is 0.806 bits per heavy atom. The third kappa shape index (κ3) is 44.9. The number of nitrogens with one attached hydrogen (secondary N) is 1. The van der Waals surface area contributed by atoms with Crippen LogP contribution in [-0.4, -0.2) is 46.9 Å². The highest BCUT2D eigenvalue weighted by Crippen LogP contribution is 2.18. The van der Waals surface area contributed by atoms with Gasteiger partial charge >= 0.3 is 5.97 Å². The van der Waals surface area contributed by atoms with Crippen molar-refractivity contribution in [3.63, 3.8) is 0 Å². The Balaban J connectivity index is 4.58. The van der Waals surface area contributed by atoms with Crippen LogP contribution in [0, 0.1) is 0 Å². The molecule has 0 aromatic heterocycles. The van der Waals surface area contributed by atoms with Gasteiger partial charge in [-0.05, 0) is 51.4 Å². The van der Waals surface area contributed by atoms with Gasteiger partial charge < -0.3 is 20.3 Å². The number of ether oxygens (including phenoxy) is 1. The van der Waals surface area contributed by atoms with Crippen LogP contribution in [0.15, 0.2) is 24.3 Å². The fraction of sp³-hybridized carbons (Fsp3) is 0.893. The Morgan fingerprint density at radius 3 is 1.21 bits per heavy atom. The molecule has 0 aromatic carbocycles. The molecule has 0 spiro atoms. The molecular formula is C56H107NO5. The van der Waals surface area contributed by atoms with Gasteiger partial charge in [-0.2, -0.15) is 0 Å². The number of unbranched alkanes of at least 4 members (excludes halogenated alkanes) is 35. The topological polar surface area (TPSA) is 95.9 Å². The zero-order valence-electron chi connectivity index (χ0n) is 41.8. The Hall–Kier alpha value is -1.66. The molecule has 0 saturated heterocycles. The normalized spacial score (nSPS) is 13.3. The van der Waals surface area contributed by atoms with Crippen molar-refractivity contribution in [1.29, 1.82) is 0 Å². The van der Waals surface area contributed by atoms with E-state index < -0.39 is 18.2 Å². The predicted molar refractivity (Wildman–Crippen MR) is 269 cm³/mol. The van der Waals surface area contributed by atoms with Crippen LogP contribution in [-0.2, 0) is 14.3 Å². The summed E-state index contributed by atoms with van der Waals surface area (Å²) in [5.41, 5.74) is 0. The summed E-state index contributed by atoms with van der Waals surface area (Å²) in [6.45, 7) is 6.49. The van der Waals surface area contributed by atoms with Gasteiger partial charge in [0.1, 0.15) is 6.10 Å². The van der Waals surface area contributed by atoms with Crippen molar-refractivity contribution in [3.8, 4) is 0 Å². The van der Waals surface area contributed by atoms with Crippen LogP contribution in [0.2, 0.25) is 0 Å². The van der Waals surface area contributed by atoms with Gasteiger partial charge in [0.2, 0.25) is 5.91 Å². The number of amides is 1. The van der Waals surface area contributed by atoms with Gasteiger partial charge in [-0.1, -0.05) is 257 Å². The largest absolute Gasteiger partial charge is 0.462 e. The molecule has 0 saturated carbocycles. The highest BCUT2D eigenvalue weighted by atomic mass is 16.5. The zero-order chi connectivity index (χ0) is 45.2. The first-order valence-corrected chi connectivity index (χ1v) is 27.6. The third-order valence-corrected chi connectivity index (χ3v) is 12.8. The first kappa shape index (κ1) is 60.3. The fourth-order valence-electron chi connectivity index (χ4n) is 8.60. The minimum atomic E-state index is -0.790. The van der Waals surface area contributed by atoms with Gasteiger partial charge in [-0.25, -0.2) is 0 Å². The quantitative estimate of drug-likeness (QED) is 0.0321. The summed E-state index contributed by atoms with van der Waals surface area (Å²) in [6.07, 6.45) is 58.1. The van der Waals surface area contributed by atoms with Crippen LogP contribution in [0.4, 0.5) is 0 Å². The number of aliphatic hydroxyl groups is 2. The van der Waals surface area contributed by atoms with E-state index in [0.717, 1.165) is 70.6 Å². The van der Waals surface area contributed by atoms with E-state index in [1.54, 1.807) is 0 Å². The van der Waals surface area contributed by atoms with Gasteiger partial charge in [0.25, 0.3) is 0 Å². The molecule has 3 atom stereocenters. The number of esters is 1. The van der Waals surface area contributed by atoms with Gasteiger partial charge in [0.15, 0.2) is 0 Å². The van der Waals surface area contributed by atoms with Crippen molar-refractivity contribution in [1.82, 2.24) is 5.32 Å². The van der Waals surface area contributed by atoms with Crippen molar-refractivity contribution in [3.05, 3.63) is 24.3 Å². The Bertz CT molecular complexity index is 981. The third-order valence-electron chi connectivity index (χ3n) is 12.8. The number of carbonyl (C=O) groups is 2. The van der Waals surface area contributed by atoms with Crippen LogP contribution in [0.5, 0.6) is 0 Å². The van der Waals surface area contributed by atoms with E-state index in [4.69, 9.17) is 4.74 Å². The van der Waals surface area contributed by atoms with E-state index in [1.165, 1.54) is 180 Å². The highest BCUT2D eigenvalue weighted by Gasteiger charge is 2.24. The molecule has 0 aliphatic carbocycles. The van der Waals surface area contributed by atoms with Crippen LogP contribution in [0.3, 0.4) is 0 Å². The summed E-state index contributed by atoms with van der Waals surface area (Å²) in [5, 5.41) is 23.8. The van der Waals surface area contributed by atoms with Crippen molar-refractivity contribution < 1.29 is 24.5 Å². The van der Waals surface area contributed by atoms with E-state index in [0.29, 0.717) is 19.3 Å². The Morgan fingerprint density at radius 1 is 0.468 bits per heavy atom. The summed E-state index contributed by atoms with van der Waals surface area (Å²) in [6, 6.07) is -0.705. The Kier molecular flexibility index (Phi) is 49.0. The fourth-order valence-corrected chi connectivity index (χ4v) is 8.60. The molecule has 0 bridgehead atoms. The second-order valence-corrected chi connectivity index (χ2v) is 19.0. The average Bonchev–Trinajstić information content (AvgIpc) is 3.26. The van der Waals surface area contributed by atoms with Crippen molar-refractivity contribution in [2.75, 3.05) is 6.61 Å². The predicted octanol–water partition coefficient (Wildman–Crippen LogP) is 16.7. The lowest BCUT2D eigenvalue weighted by molar-refractivity contribution is -0.151. The monoisotopic (exact) mass is 874 g/mol. The minimum Gasteiger partial charge on any atom is -0.462 e. The molecule has 0 fully saturated rings.